The van der Waals surface area contributed by atoms with Crippen molar-refractivity contribution in [2.45, 2.75) is 32.7 Å². The highest BCUT2D eigenvalue weighted by Crippen LogP contribution is 2.17. The van der Waals surface area contributed by atoms with Crippen LogP contribution < -0.4 is 10.1 Å². The van der Waals surface area contributed by atoms with Crippen LogP contribution in [-0.4, -0.2) is 42.6 Å². The van der Waals surface area contributed by atoms with E-state index in [9.17, 15) is 4.79 Å². The highest BCUT2D eigenvalue weighted by Gasteiger charge is 2.23. The molecule has 5 nitrogen and oxygen atoms in total. The molecule has 0 unspecified atom stereocenters. The van der Waals surface area contributed by atoms with Crippen molar-refractivity contribution in [3.8, 4) is 5.75 Å². The van der Waals surface area contributed by atoms with E-state index in [4.69, 9.17) is 9.47 Å². The molecule has 1 saturated heterocycles. The smallest absolute Gasteiger partial charge is 0.238 e. The van der Waals surface area contributed by atoms with Crippen LogP contribution in [0, 0.1) is 0 Å². The summed E-state index contributed by atoms with van der Waals surface area (Å²) in [5.41, 5.74) is 1.90. The van der Waals surface area contributed by atoms with Gasteiger partial charge in [0.05, 0.1) is 18.8 Å². The van der Waals surface area contributed by atoms with Gasteiger partial charge in [-0.3, -0.25) is 9.69 Å². The van der Waals surface area contributed by atoms with Crippen LogP contribution in [0.5, 0.6) is 5.75 Å². The second kappa shape index (κ2) is 8.83. The molecule has 1 aliphatic rings. The fourth-order valence-electron chi connectivity index (χ4n) is 3.19. The Morgan fingerprint density at radius 2 is 1.73 bits per heavy atom. The van der Waals surface area contributed by atoms with E-state index in [0.717, 1.165) is 30.1 Å². The molecule has 0 aromatic heterocycles. The normalized spacial score (nSPS) is 20.5. The van der Waals surface area contributed by atoms with Crippen LogP contribution in [0.25, 0.3) is 0 Å². The molecule has 3 rings (SSSR count). The predicted octanol–water partition coefficient (Wildman–Crippen LogP) is 3.31. The van der Waals surface area contributed by atoms with Crippen LogP contribution in [0.4, 0.5) is 5.69 Å². The topological polar surface area (TPSA) is 50.8 Å². The zero-order valence-electron chi connectivity index (χ0n) is 15.4. The molecule has 0 spiro atoms. The summed E-state index contributed by atoms with van der Waals surface area (Å²) in [7, 11) is 0. The van der Waals surface area contributed by atoms with Crippen LogP contribution in [0.15, 0.2) is 54.6 Å². The molecule has 0 saturated carbocycles. The van der Waals surface area contributed by atoms with Gasteiger partial charge in [0, 0.05) is 18.8 Å². The molecule has 1 heterocycles. The quantitative estimate of drug-likeness (QED) is 0.865. The number of rotatable bonds is 6. The zero-order valence-corrected chi connectivity index (χ0v) is 15.4. The molecule has 0 bridgehead atoms. The summed E-state index contributed by atoms with van der Waals surface area (Å²) in [6.45, 7) is 6.54. The summed E-state index contributed by atoms with van der Waals surface area (Å²) < 4.78 is 11.5. The van der Waals surface area contributed by atoms with Crippen molar-refractivity contribution in [2.75, 3.05) is 25.0 Å². The average Bonchev–Trinajstić information content (AvgIpc) is 2.61. The number of nitrogens with zero attached hydrogens (tertiary/aromatic N) is 1. The molecule has 2 aromatic rings. The van der Waals surface area contributed by atoms with Crippen molar-refractivity contribution < 1.29 is 14.3 Å². The molecular formula is C21H26N2O3. The standard InChI is InChI=1S/C21H26N2O3/c1-16-12-23(13-17(2)26-16)14-21(24)22-19-8-10-20(11-9-19)25-15-18-6-4-3-5-7-18/h3-11,16-17H,12-15H2,1-2H3,(H,22,24)/t16-,17+. The Morgan fingerprint density at radius 1 is 1.08 bits per heavy atom. The minimum atomic E-state index is -0.00995. The van der Waals surface area contributed by atoms with Gasteiger partial charge in [-0.2, -0.15) is 0 Å². The lowest BCUT2D eigenvalue weighted by molar-refractivity contribution is -0.121. The number of anilines is 1. The monoisotopic (exact) mass is 354 g/mol. The maximum Gasteiger partial charge on any atom is 0.238 e. The zero-order chi connectivity index (χ0) is 18.4. The van der Waals surface area contributed by atoms with Gasteiger partial charge in [-0.25, -0.2) is 0 Å². The second-order valence-corrected chi connectivity index (χ2v) is 6.80. The van der Waals surface area contributed by atoms with Crippen LogP contribution in [-0.2, 0) is 16.1 Å². The van der Waals surface area contributed by atoms with Gasteiger partial charge in [-0.15, -0.1) is 0 Å². The number of amides is 1. The van der Waals surface area contributed by atoms with E-state index < -0.39 is 0 Å². The number of hydrogen-bond acceptors (Lipinski definition) is 4. The highest BCUT2D eigenvalue weighted by molar-refractivity contribution is 5.92. The molecular weight excluding hydrogens is 328 g/mol. The Morgan fingerprint density at radius 3 is 2.38 bits per heavy atom. The van der Waals surface area contributed by atoms with Crippen molar-refractivity contribution in [3.05, 3.63) is 60.2 Å². The number of carbonyl (C=O) groups excluding carboxylic acids is 1. The summed E-state index contributed by atoms with van der Waals surface area (Å²) in [5.74, 6) is 0.770. The highest BCUT2D eigenvalue weighted by atomic mass is 16.5. The Bertz CT molecular complexity index is 693. The van der Waals surface area contributed by atoms with Gasteiger partial charge >= 0.3 is 0 Å². The predicted molar refractivity (Wildman–Crippen MR) is 102 cm³/mol. The number of benzene rings is 2. The maximum absolute atomic E-state index is 12.3. The summed E-state index contributed by atoms with van der Waals surface area (Å²) in [6.07, 6.45) is 0.320. The number of carbonyl (C=O) groups is 1. The first-order chi connectivity index (χ1) is 12.6. The van der Waals surface area contributed by atoms with Crippen LogP contribution >= 0.6 is 0 Å². The van der Waals surface area contributed by atoms with Gasteiger partial charge in [-0.1, -0.05) is 30.3 Å². The molecule has 26 heavy (non-hydrogen) atoms. The number of nitrogens with one attached hydrogen (secondary N) is 1. The number of morpholine rings is 1. The van der Waals surface area contributed by atoms with Gasteiger partial charge in [-0.05, 0) is 43.7 Å². The largest absolute Gasteiger partial charge is 0.489 e. The Labute approximate surface area is 154 Å². The van der Waals surface area contributed by atoms with Gasteiger partial charge in [0.25, 0.3) is 0 Å². The third-order valence-electron chi connectivity index (χ3n) is 4.25. The summed E-state index contributed by atoms with van der Waals surface area (Å²) in [4.78, 5) is 14.4. The Hall–Kier alpha value is -2.37. The van der Waals surface area contributed by atoms with Gasteiger partial charge in [0.1, 0.15) is 12.4 Å². The van der Waals surface area contributed by atoms with E-state index in [1.165, 1.54) is 0 Å². The molecule has 5 heteroatoms. The molecule has 2 aromatic carbocycles. The summed E-state index contributed by atoms with van der Waals surface area (Å²) in [6, 6.07) is 17.5. The summed E-state index contributed by atoms with van der Waals surface area (Å²) >= 11 is 0. The summed E-state index contributed by atoms with van der Waals surface area (Å²) in [5, 5.41) is 2.94. The van der Waals surface area contributed by atoms with Gasteiger partial charge in [0.15, 0.2) is 0 Å². The third kappa shape index (κ3) is 5.58. The fourth-order valence-corrected chi connectivity index (χ4v) is 3.19. The van der Waals surface area contributed by atoms with E-state index in [0.29, 0.717) is 13.2 Å². The van der Waals surface area contributed by atoms with E-state index in [-0.39, 0.29) is 18.1 Å². The molecule has 1 aliphatic heterocycles. The van der Waals surface area contributed by atoms with E-state index in [1.54, 1.807) is 0 Å². The van der Waals surface area contributed by atoms with Gasteiger partial charge in [0.2, 0.25) is 5.91 Å². The first-order valence-corrected chi connectivity index (χ1v) is 9.03. The molecule has 0 aliphatic carbocycles. The van der Waals surface area contributed by atoms with E-state index in [2.05, 4.69) is 10.2 Å². The molecule has 1 amide bonds. The van der Waals surface area contributed by atoms with Crippen molar-refractivity contribution in [2.24, 2.45) is 0 Å². The van der Waals surface area contributed by atoms with E-state index in [1.807, 2.05) is 68.4 Å². The molecule has 2 atom stereocenters. The number of ether oxygens (including phenoxy) is 2. The van der Waals surface area contributed by atoms with Crippen molar-refractivity contribution in [3.63, 3.8) is 0 Å². The minimum Gasteiger partial charge on any atom is -0.489 e. The van der Waals surface area contributed by atoms with Gasteiger partial charge < -0.3 is 14.8 Å². The molecule has 138 valence electrons. The molecule has 1 N–H and O–H groups in total. The lowest BCUT2D eigenvalue weighted by Gasteiger charge is -2.34. The van der Waals surface area contributed by atoms with Crippen LogP contribution in [0.2, 0.25) is 0 Å². The van der Waals surface area contributed by atoms with Crippen LogP contribution in [0.1, 0.15) is 19.4 Å². The maximum atomic E-state index is 12.3. The average molecular weight is 354 g/mol. The van der Waals surface area contributed by atoms with E-state index >= 15 is 0 Å². The first-order valence-electron chi connectivity index (χ1n) is 9.03. The van der Waals surface area contributed by atoms with Crippen molar-refractivity contribution in [1.29, 1.82) is 0 Å². The Kier molecular flexibility index (Phi) is 6.26. The fraction of sp³-hybridized carbons (Fsp3) is 0.381. The van der Waals surface area contributed by atoms with Crippen molar-refractivity contribution in [1.82, 2.24) is 4.90 Å². The second-order valence-electron chi connectivity index (χ2n) is 6.80. The Balaban J connectivity index is 1.47. The lowest BCUT2D eigenvalue weighted by atomic mass is 10.2. The molecule has 0 radical (unpaired) electrons. The molecule has 1 fully saturated rings. The first kappa shape index (κ1) is 18.4. The van der Waals surface area contributed by atoms with Crippen LogP contribution in [0.3, 0.4) is 0 Å². The minimum absolute atomic E-state index is 0.00995. The SMILES string of the molecule is C[C@@H]1CN(CC(=O)Nc2ccc(OCc3ccccc3)cc2)C[C@H](C)O1. The van der Waals surface area contributed by atoms with Crippen molar-refractivity contribution >= 4 is 11.6 Å². The third-order valence-corrected chi connectivity index (χ3v) is 4.25. The lowest BCUT2D eigenvalue weighted by Crippen LogP contribution is -2.48. The number of hydrogen-bond donors (Lipinski definition) is 1.